The quantitative estimate of drug-likeness (QED) is 0.797. The Bertz CT molecular complexity index is 794. The van der Waals surface area contributed by atoms with E-state index in [0.29, 0.717) is 24.2 Å². The van der Waals surface area contributed by atoms with Crippen LogP contribution in [0.5, 0.6) is 0 Å². The summed E-state index contributed by atoms with van der Waals surface area (Å²) in [5.74, 6) is -0.885. The van der Waals surface area contributed by atoms with E-state index in [0.717, 1.165) is 42.7 Å². The Balaban J connectivity index is 1.87. The van der Waals surface area contributed by atoms with Gasteiger partial charge in [0.1, 0.15) is 5.82 Å². The number of hydrogen-bond donors (Lipinski definition) is 1. The van der Waals surface area contributed by atoms with Gasteiger partial charge in [0.2, 0.25) is 0 Å². The van der Waals surface area contributed by atoms with Crippen LogP contribution >= 0.6 is 0 Å². The maximum absolute atomic E-state index is 13.8. The molecule has 3 heterocycles. The van der Waals surface area contributed by atoms with E-state index in [1.807, 2.05) is 0 Å². The van der Waals surface area contributed by atoms with E-state index in [9.17, 15) is 17.6 Å². The number of aryl methyl sites for hydroxylation is 1. The molecule has 1 aromatic carbocycles. The van der Waals surface area contributed by atoms with Gasteiger partial charge in [0.05, 0.1) is 23.0 Å². The lowest BCUT2D eigenvalue weighted by Gasteiger charge is -2.35. The summed E-state index contributed by atoms with van der Waals surface area (Å²) in [4.78, 5) is 0. The van der Waals surface area contributed by atoms with Crippen molar-refractivity contribution >= 4 is 0 Å². The van der Waals surface area contributed by atoms with E-state index >= 15 is 0 Å². The van der Waals surface area contributed by atoms with Crippen molar-refractivity contribution in [3.63, 3.8) is 0 Å². The second kappa shape index (κ2) is 5.31. The number of fused-ring (bicyclic) bond motifs is 4. The number of nitrogens with zero attached hydrogens (tertiary/aromatic N) is 2. The van der Waals surface area contributed by atoms with Gasteiger partial charge < -0.3 is 5.32 Å². The minimum Gasteiger partial charge on any atom is -0.305 e. The molecule has 2 atom stereocenters. The second-order valence-electron chi connectivity index (χ2n) is 6.61. The van der Waals surface area contributed by atoms with Crippen molar-refractivity contribution in [3.8, 4) is 11.3 Å². The Kier molecular flexibility index (Phi) is 3.46. The highest BCUT2D eigenvalue weighted by molar-refractivity contribution is 5.67. The summed E-state index contributed by atoms with van der Waals surface area (Å²) in [7, 11) is 1.70. The molecule has 2 bridgehead atoms. The van der Waals surface area contributed by atoms with Crippen LogP contribution in [0.3, 0.4) is 0 Å². The van der Waals surface area contributed by atoms with Crippen molar-refractivity contribution in [1.29, 1.82) is 0 Å². The fraction of sp³-hybridized carbons (Fsp3) is 0.471. The number of benzene rings is 1. The molecular weight excluding hydrogens is 322 g/mol. The van der Waals surface area contributed by atoms with Crippen molar-refractivity contribution in [1.82, 2.24) is 15.1 Å². The maximum atomic E-state index is 13.8. The van der Waals surface area contributed by atoms with Gasteiger partial charge in [-0.1, -0.05) is 0 Å². The summed E-state index contributed by atoms with van der Waals surface area (Å²) in [6.45, 7) is 0. The largest absolute Gasteiger partial charge is 0.416 e. The first-order chi connectivity index (χ1) is 11.3. The smallest absolute Gasteiger partial charge is 0.305 e. The summed E-state index contributed by atoms with van der Waals surface area (Å²) >= 11 is 0. The average Bonchev–Trinajstić information content (AvgIpc) is 2.82. The third-order valence-electron chi connectivity index (χ3n) is 4.94. The molecule has 0 amide bonds. The van der Waals surface area contributed by atoms with Crippen LogP contribution < -0.4 is 5.32 Å². The van der Waals surface area contributed by atoms with Crippen molar-refractivity contribution < 1.29 is 17.6 Å². The molecule has 1 N–H and O–H groups in total. The Morgan fingerprint density at radius 2 is 2.00 bits per heavy atom. The zero-order valence-corrected chi connectivity index (χ0v) is 13.1. The first kappa shape index (κ1) is 15.6. The molecule has 1 saturated heterocycles. The monoisotopic (exact) mass is 339 g/mol. The molecule has 0 spiro atoms. The van der Waals surface area contributed by atoms with Gasteiger partial charge in [-0.05, 0) is 43.9 Å². The fourth-order valence-corrected chi connectivity index (χ4v) is 3.96. The zero-order chi connectivity index (χ0) is 17.1. The van der Waals surface area contributed by atoms with E-state index in [-0.39, 0.29) is 11.6 Å². The third kappa shape index (κ3) is 2.51. The van der Waals surface area contributed by atoms with Gasteiger partial charge in [0.25, 0.3) is 0 Å². The Morgan fingerprint density at radius 3 is 2.75 bits per heavy atom. The lowest BCUT2D eigenvalue weighted by molar-refractivity contribution is -0.137. The number of nitrogens with one attached hydrogen (secondary N) is 1. The lowest BCUT2D eigenvalue weighted by Crippen LogP contribution is -2.42. The molecule has 2 aliphatic rings. The van der Waals surface area contributed by atoms with Crippen LogP contribution in [0.2, 0.25) is 0 Å². The molecule has 2 unspecified atom stereocenters. The predicted molar refractivity (Wildman–Crippen MR) is 80.8 cm³/mol. The number of hydrogen-bond acceptors (Lipinski definition) is 2. The molecule has 2 aliphatic heterocycles. The normalized spacial score (nSPS) is 23.2. The van der Waals surface area contributed by atoms with Crippen LogP contribution in [-0.2, 0) is 19.6 Å². The third-order valence-corrected chi connectivity index (χ3v) is 4.94. The zero-order valence-electron chi connectivity index (χ0n) is 13.1. The lowest BCUT2D eigenvalue weighted by atomic mass is 9.84. The molecule has 24 heavy (non-hydrogen) atoms. The first-order valence-electron chi connectivity index (χ1n) is 8.03. The van der Waals surface area contributed by atoms with Crippen molar-refractivity contribution in [2.24, 2.45) is 7.05 Å². The predicted octanol–water partition coefficient (Wildman–Crippen LogP) is 3.98. The van der Waals surface area contributed by atoms with Gasteiger partial charge in [-0.25, -0.2) is 4.39 Å². The average molecular weight is 339 g/mol. The van der Waals surface area contributed by atoms with Crippen LogP contribution in [0.1, 0.15) is 42.1 Å². The summed E-state index contributed by atoms with van der Waals surface area (Å²) in [6, 6.07) is 3.16. The van der Waals surface area contributed by atoms with Gasteiger partial charge in [-0.2, -0.15) is 18.3 Å². The first-order valence-corrected chi connectivity index (χ1v) is 8.03. The SMILES string of the molecule is Cn1nc2c(c1-c1cc(F)cc(C(F)(F)F)c1)CC1CCCC2N1. The number of piperidine rings is 1. The molecule has 128 valence electrons. The molecule has 1 fully saturated rings. The molecular formula is C17H17F4N3. The highest BCUT2D eigenvalue weighted by Crippen LogP contribution is 2.40. The van der Waals surface area contributed by atoms with E-state index in [1.54, 1.807) is 11.7 Å². The highest BCUT2D eigenvalue weighted by atomic mass is 19.4. The van der Waals surface area contributed by atoms with Gasteiger partial charge in [0, 0.05) is 24.2 Å². The van der Waals surface area contributed by atoms with Crippen LogP contribution in [0.25, 0.3) is 11.3 Å². The standard InChI is InChI=1S/C17H17F4N3/c1-24-16(9-5-10(17(19,20)21)7-11(18)6-9)13-8-12-3-2-4-14(22-12)15(13)23-24/h5-7,12,14,22H,2-4,8H2,1H3. The molecule has 3 nitrogen and oxygen atoms in total. The molecule has 1 aromatic heterocycles. The molecule has 0 aliphatic carbocycles. The molecule has 7 heteroatoms. The topological polar surface area (TPSA) is 29.9 Å². The maximum Gasteiger partial charge on any atom is 0.416 e. The van der Waals surface area contributed by atoms with E-state index in [1.165, 1.54) is 0 Å². The van der Waals surface area contributed by atoms with Gasteiger partial charge in [-0.15, -0.1) is 0 Å². The Labute approximate surface area is 136 Å². The Hall–Kier alpha value is -1.89. The van der Waals surface area contributed by atoms with E-state index in [4.69, 9.17) is 0 Å². The van der Waals surface area contributed by atoms with Crippen molar-refractivity contribution in [2.75, 3.05) is 0 Å². The van der Waals surface area contributed by atoms with E-state index < -0.39 is 17.6 Å². The van der Waals surface area contributed by atoms with Gasteiger partial charge in [-0.3, -0.25) is 4.68 Å². The summed E-state index contributed by atoms with van der Waals surface area (Å²) < 4.78 is 54.4. The van der Waals surface area contributed by atoms with E-state index in [2.05, 4.69) is 10.4 Å². The fourth-order valence-electron chi connectivity index (χ4n) is 3.96. The van der Waals surface area contributed by atoms with Crippen LogP contribution in [0.15, 0.2) is 18.2 Å². The molecule has 0 saturated carbocycles. The summed E-state index contributed by atoms with van der Waals surface area (Å²) in [6.07, 6.45) is -0.732. The second-order valence-corrected chi connectivity index (χ2v) is 6.61. The summed E-state index contributed by atoms with van der Waals surface area (Å²) in [5, 5.41) is 8.04. The van der Waals surface area contributed by atoms with Crippen LogP contribution in [-0.4, -0.2) is 15.8 Å². The minimum absolute atomic E-state index is 0.142. The van der Waals surface area contributed by atoms with Crippen molar-refractivity contribution in [3.05, 3.63) is 40.8 Å². The molecule has 0 radical (unpaired) electrons. The number of halogens is 4. The van der Waals surface area contributed by atoms with Gasteiger partial charge in [0.15, 0.2) is 0 Å². The minimum atomic E-state index is -4.58. The Morgan fingerprint density at radius 1 is 1.21 bits per heavy atom. The summed E-state index contributed by atoms with van der Waals surface area (Å²) in [5.41, 5.74) is 1.69. The highest BCUT2D eigenvalue weighted by Gasteiger charge is 2.36. The van der Waals surface area contributed by atoms with Gasteiger partial charge >= 0.3 is 6.18 Å². The van der Waals surface area contributed by atoms with Crippen LogP contribution in [0.4, 0.5) is 17.6 Å². The number of rotatable bonds is 1. The molecule has 4 rings (SSSR count). The van der Waals surface area contributed by atoms with Crippen LogP contribution in [0, 0.1) is 5.82 Å². The number of alkyl halides is 3. The number of aromatic nitrogens is 2. The molecule has 2 aromatic rings. The van der Waals surface area contributed by atoms with Crippen molar-refractivity contribution in [2.45, 2.75) is 43.9 Å².